The maximum atomic E-state index is 13.0. The number of nitrogens with zero attached hydrogens (tertiary/aromatic N) is 3. The maximum absolute atomic E-state index is 13.0. The van der Waals surface area contributed by atoms with Crippen molar-refractivity contribution in [1.82, 2.24) is 14.8 Å². The minimum absolute atomic E-state index is 0.0273. The SMILES string of the molecule is O=C(/C=C/c1ccc(F)cc1)Nc1nc2n(n1)[C@@H](c1ccccc1)C[C@H](c1ccccc1)N2. The van der Waals surface area contributed by atoms with Crippen LogP contribution >= 0.6 is 0 Å². The molecule has 4 aromatic rings. The molecular weight excluding hydrogens is 417 g/mol. The Bertz CT molecular complexity index is 1270. The second-order valence-electron chi connectivity index (χ2n) is 7.85. The first-order valence-corrected chi connectivity index (χ1v) is 10.7. The minimum atomic E-state index is -0.363. The van der Waals surface area contributed by atoms with Crippen molar-refractivity contribution in [1.29, 1.82) is 0 Å². The summed E-state index contributed by atoms with van der Waals surface area (Å²) in [4.78, 5) is 17.0. The van der Waals surface area contributed by atoms with E-state index in [0.29, 0.717) is 5.95 Å². The Morgan fingerprint density at radius 3 is 2.33 bits per heavy atom. The van der Waals surface area contributed by atoms with Crippen molar-refractivity contribution in [3.05, 3.63) is 114 Å². The molecule has 7 heteroatoms. The van der Waals surface area contributed by atoms with Gasteiger partial charge < -0.3 is 5.32 Å². The third-order valence-corrected chi connectivity index (χ3v) is 5.61. The highest BCUT2D eigenvalue weighted by Gasteiger charge is 2.31. The number of carbonyl (C=O) groups is 1. The molecular formula is C26H22FN5O. The zero-order valence-electron chi connectivity index (χ0n) is 17.7. The van der Waals surface area contributed by atoms with Crippen molar-refractivity contribution in [2.75, 3.05) is 10.6 Å². The highest BCUT2D eigenvalue weighted by Crippen LogP contribution is 2.38. The van der Waals surface area contributed by atoms with Crippen LogP contribution in [0, 0.1) is 5.82 Å². The van der Waals surface area contributed by atoms with E-state index in [9.17, 15) is 9.18 Å². The Kier molecular flexibility index (Phi) is 5.68. The summed E-state index contributed by atoms with van der Waals surface area (Å²) in [5.41, 5.74) is 3.01. The van der Waals surface area contributed by atoms with Gasteiger partial charge in [-0.15, -0.1) is 5.10 Å². The Labute approximate surface area is 190 Å². The first-order chi connectivity index (χ1) is 16.2. The van der Waals surface area contributed by atoms with Gasteiger partial charge in [-0.2, -0.15) is 4.98 Å². The molecule has 6 nitrogen and oxygen atoms in total. The van der Waals surface area contributed by atoms with Gasteiger partial charge in [-0.05, 0) is 41.3 Å². The number of nitrogens with one attached hydrogen (secondary N) is 2. The van der Waals surface area contributed by atoms with Crippen molar-refractivity contribution in [2.45, 2.75) is 18.5 Å². The fraction of sp³-hybridized carbons (Fsp3) is 0.115. The summed E-state index contributed by atoms with van der Waals surface area (Å²) in [6.45, 7) is 0. The summed E-state index contributed by atoms with van der Waals surface area (Å²) in [5.74, 6) is 0.138. The summed E-state index contributed by atoms with van der Waals surface area (Å²) < 4.78 is 14.9. The lowest BCUT2D eigenvalue weighted by Gasteiger charge is -2.31. The van der Waals surface area contributed by atoms with Gasteiger partial charge in [-0.25, -0.2) is 9.07 Å². The first-order valence-electron chi connectivity index (χ1n) is 10.7. The number of benzene rings is 3. The molecule has 0 radical (unpaired) electrons. The molecule has 0 fully saturated rings. The van der Waals surface area contributed by atoms with Gasteiger partial charge in [0.2, 0.25) is 5.95 Å². The predicted molar refractivity (Wildman–Crippen MR) is 126 cm³/mol. The Balaban J connectivity index is 1.39. The van der Waals surface area contributed by atoms with Crippen LogP contribution in [0.15, 0.2) is 91.0 Å². The van der Waals surface area contributed by atoms with Crippen LogP contribution in [0.5, 0.6) is 0 Å². The van der Waals surface area contributed by atoms with Gasteiger partial charge in [0, 0.05) is 6.08 Å². The molecule has 3 aromatic carbocycles. The molecule has 1 aliphatic heterocycles. The summed E-state index contributed by atoms with van der Waals surface area (Å²) in [5, 5.41) is 10.7. The summed E-state index contributed by atoms with van der Waals surface area (Å²) >= 11 is 0. The Morgan fingerprint density at radius 2 is 1.64 bits per heavy atom. The van der Waals surface area contributed by atoms with Gasteiger partial charge in [-0.3, -0.25) is 10.1 Å². The molecule has 164 valence electrons. The third kappa shape index (κ3) is 4.67. The number of hydrogen-bond acceptors (Lipinski definition) is 4. The van der Waals surface area contributed by atoms with Crippen LogP contribution in [-0.4, -0.2) is 20.7 Å². The van der Waals surface area contributed by atoms with E-state index >= 15 is 0 Å². The van der Waals surface area contributed by atoms with Gasteiger partial charge in [0.15, 0.2) is 0 Å². The largest absolute Gasteiger partial charge is 0.347 e. The van der Waals surface area contributed by atoms with Crippen molar-refractivity contribution < 1.29 is 9.18 Å². The van der Waals surface area contributed by atoms with E-state index in [2.05, 4.69) is 45.0 Å². The molecule has 5 rings (SSSR count). The van der Waals surface area contributed by atoms with E-state index in [1.54, 1.807) is 18.2 Å². The van der Waals surface area contributed by atoms with Crippen molar-refractivity contribution >= 4 is 23.9 Å². The Hall–Kier alpha value is -4.26. The number of aromatic nitrogens is 3. The van der Waals surface area contributed by atoms with E-state index in [1.165, 1.54) is 23.8 Å². The average molecular weight is 439 g/mol. The molecule has 2 heterocycles. The summed E-state index contributed by atoms with van der Waals surface area (Å²) in [6, 6.07) is 26.3. The quantitative estimate of drug-likeness (QED) is 0.419. The molecule has 0 saturated heterocycles. The first kappa shape index (κ1) is 20.6. The second-order valence-corrected chi connectivity index (χ2v) is 7.85. The summed E-state index contributed by atoms with van der Waals surface area (Å²) in [6.07, 6.45) is 3.78. The molecule has 1 aromatic heterocycles. The highest BCUT2D eigenvalue weighted by molar-refractivity contribution is 6.00. The topological polar surface area (TPSA) is 71.8 Å². The smallest absolute Gasteiger partial charge is 0.250 e. The second kappa shape index (κ2) is 9.08. The van der Waals surface area contributed by atoms with Gasteiger partial charge in [0.25, 0.3) is 11.9 Å². The van der Waals surface area contributed by atoms with E-state index in [4.69, 9.17) is 0 Å². The van der Waals surface area contributed by atoms with Crippen molar-refractivity contribution in [3.63, 3.8) is 0 Å². The van der Waals surface area contributed by atoms with Crippen LogP contribution in [0.2, 0.25) is 0 Å². The predicted octanol–water partition coefficient (Wildman–Crippen LogP) is 5.22. The molecule has 0 bridgehead atoms. The molecule has 1 aliphatic rings. The Morgan fingerprint density at radius 1 is 0.970 bits per heavy atom. The van der Waals surface area contributed by atoms with Crippen LogP contribution in [0.3, 0.4) is 0 Å². The number of amides is 1. The van der Waals surface area contributed by atoms with Gasteiger partial charge >= 0.3 is 0 Å². The number of fused-ring (bicyclic) bond motifs is 1. The number of rotatable bonds is 5. The molecule has 0 unspecified atom stereocenters. The third-order valence-electron chi connectivity index (χ3n) is 5.61. The lowest BCUT2D eigenvalue weighted by Crippen LogP contribution is -2.28. The zero-order valence-corrected chi connectivity index (χ0v) is 17.7. The molecule has 0 saturated carbocycles. The molecule has 1 amide bonds. The van der Waals surface area contributed by atoms with Gasteiger partial charge in [-0.1, -0.05) is 72.8 Å². The van der Waals surface area contributed by atoms with Gasteiger partial charge in [0.05, 0.1) is 12.1 Å². The van der Waals surface area contributed by atoms with Crippen LogP contribution in [-0.2, 0) is 4.79 Å². The average Bonchev–Trinajstić information content (AvgIpc) is 3.26. The highest BCUT2D eigenvalue weighted by atomic mass is 19.1. The van der Waals surface area contributed by atoms with E-state index in [1.807, 2.05) is 41.1 Å². The van der Waals surface area contributed by atoms with Gasteiger partial charge in [0.1, 0.15) is 5.82 Å². The van der Waals surface area contributed by atoms with E-state index in [-0.39, 0.29) is 29.8 Å². The molecule has 2 N–H and O–H groups in total. The maximum Gasteiger partial charge on any atom is 0.250 e. The number of hydrogen-bond donors (Lipinski definition) is 2. The minimum Gasteiger partial charge on any atom is -0.347 e. The monoisotopic (exact) mass is 439 g/mol. The van der Waals surface area contributed by atoms with E-state index in [0.717, 1.165) is 17.5 Å². The number of carbonyl (C=O) groups excluding carboxylic acids is 1. The lowest BCUT2D eigenvalue weighted by molar-refractivity contribution is -0.111. The number of halogens is 1. The molecule has 2 atom stereocenters. The van der Waals surface area contributed by atoms with Crippen molar-refractivity contribution in [2.24, 2.45) is 0 Å². The summed E-state index contributed by atoms with van der Waals surface area (Å²) in [7, 11) is 0. The lowest BCUT2D eigenvalue weighted by atomic mass is 9.93. The van der Waals surface area contributed by atoms with Crippen LogP contribution in [0.1, 0.15) is 35.2 Å². The van der Waals surface area contributed by atoms with Crippen LogP contribution in [0.4, 0.5) is 16.3 Å². The van der Waals surface area contributed by atoms with Crippen LogP contribution < -0.4 is 10.6 Å². The fourth-order valence-electron chi connectivity index (χ4n) is 3.98. The molecule has 0 aliphatic carbocycles. The fourth-order valence-corrected chi connectivity index (χ4v) is 3.98. The van der Waals surface area contributed by atoms with E-state index < -0.39 is 0 Å². The zero-order chi connectivity index (χ0) is 22.6. The standard InChI is InChI=1S/C26H22FN5O/c27-21-14-11-18(12-15-21)13-16-24(33)29-25-30-26-28-22(19-7-3-1-4-8-19)17-23(32(26)31-25)20-9-5-2-6-10-20/h1-16,22-23H,17H2,(H2,28,29,30,31,33)/b16-13+/t22-,23-/m1/s1. The van der Waals surface area contributed by atoms with Crippen molar-refractivity contribution in [3.8, 4) is 0 Å². The normalized spacial score (nSPS) is 17.4. The molecule has 33 heavy (non-hydrogen) atoms. The molecule has 0 spiro atoms. The van der Waals surface area contributed by atoms with Crippen LogP contribution in [0.25, 0.3) is 6.08 Å². The number of anilines is 2.